The molecule has 6 heteroatoms. The van der Waals surface area contributed by atoms with Crippen LogP contribution in [0.25, 0.3) is 0 Å². The van der Waals surface area contributed by atoms with Gasteiger partial charge in [-0.25, -0.2) is 9.97 Å². The molecular formula is C10H16ClN3O2. The number of anilines is 1. The average Bonchev–Trinajstić information content (AvgIpc) is 2.16. The molecule has 2 N–H and O–H groups in total. The van der Waals surface area contributed by atoms with Crippen molar-refractivity contribution in [3.63, 3.8) is 0 Å². The van der Waals surface area contributed by atoms with Crippen molar-refractivity contribution in [1.29, 1.82) is 0 Å². The molecule has 1 rings (SSSR count). The molecule has 0 aromatic carbocycles. The second kappa shape index (κ2) is 6.62. The van der Waals surface area contributed by atoms with E-state index in [4.69, 9.17) is 16.3 Å². The number of ether oxygens (including phenoxy) is 1. The van der Waals surface area contributed by atoms with Gasteiger partial charge >= 0.3 is 0 Å². The van der Waals surface area contributed by atoms with Gasteiger partial charge in [-0.1, -0.05) is 11.6 Å². The number of aliphatic hydroxyl groups is 1. The van der Waals surface area contributed by atoms with Crippen LogP contribution in [0.1, 0.15) is 12.2 Å². The van der Waals surface area contributed by atoms with Crippen LogP contribution in [0.15, 0.2) is 6.07 Å². The number of aliphatic hydroxyl groups excluding tert-OH is 1. The zero-order chi connectivity index (χ0) is 12.0. The molecule has 0 bridgehead atoms. The first-order valence-corrected chi connectivity index (χ1v) is 5.41. The molecule has 5 nitrogen and oxygen atoms in total. The quantitative estimate of drug-likeness (QED) is 0.739. The molecular weight excluding hydrogens is 230 g/mol. The van der Waals surface area contributed by atoms with Gasteiger partial charge in [-0.05, 0) is 13.3 Å². The highest BCUT2D eigenvalue weighted by Crippen LogP contribution is 2.11. The second-order valence-corrected chi connectivity index (χ2v) is 3.83. The van der Waals surface area contributed by atoms with E-state index in [1.807, 2.05) is 0 Å². The van der Waals surface area contributed by atoms with Gasteiger partial charge in [0.2, 0.25) is 0 Å². The summed E-state index contributed by atoms with van der Waals surface area (Å²) in [4.78, 5) is 8.11. The molecule has 0 saturated carbocycles. The summed E-state index contributed by atoms with van der Waals surface area (Å²) in [6.07, 6.45) is 0.130. The molecule has 0 spiro atoms. The Morgan fingerprint density at radius 3 is 2.94 bits per heavy atom. The van der Waals surface area contributed by atoms with Crippen molar-refractivity contribution in [3.8, 4) is 0 Å². The molecule has 0 fully saturated rings. The van der Waals surface area contributed by atoms with Crippen molar-refractivity contribution in [3.05, 3.63) is 17.0 Å². The first-order chi connectivity index (χ1) is 7.61. The fourth-order valence-corrected chi connectivity index (χ4v) is 1.49. The fourth-order valence-electron chi connectivity index (χ4n) is 1.26. The Bertz CT molecular complexity index is 316. The normalized spacial score (nSPS) is 12.5. The van der Waals surface area contributed by atoms with Crippen molar-refractivity contribution in [2.24, 2.45) is 0 Å². The van der Waals surface area contributed by atoms with E-state index in [2.05, 4.69) is 15.3 Å². The van der Waals surface area contributed by atoms with E-state index in [0.29, 0.717) is 36.4 Å². The SMILES string of the molecule is COCC(O)CCNc1cc(Cl)nc(C)n1. The van der Waals surface area contributed by atoms with Crippen LogP contribution in [0, 0.1) is 6.92 Å². The summed E-state index contributed by atoms with van der Waals surface area (Å²) < 4.78 is 4.82. The fraction of sp³-hybridized carbons (Fsp3) is 0.600. The Labute approximate surface area is 99.8 Å². The minimum atomic E-state index is -0.462. The van der Waals surface area contributed by atoms with E-state index < -0.39 is 6.10 Å². The molecule has 1 aromatic rings. The molecule has 0 aliphatic carbocycles. The average molecular weight is 246 g/mol. The molecule has 0 aliphatic rings. The van der Waals surface area contributed by atoms with Crippen LogP contribution in [-0.2, 0) is 4.74 Å². The lowest BCUT2D eigenvalue weighted by atomic mass is 10.2. The van der Waals surface area contributed by atoms with E-state index in [0.717, 1.165) is 0 Å². The third-order valence-electron chi connectivity index (χ3n) is 1.95. The first kappa shape index (κ1) is 13.2. The summed E-state index contributed by atoms with van der Waals surface area (Å²) in [5.41, 5.74) is 0. The van der Waals surface area contributed by atoms with Crippen LogP contribution < -0.4 is 5.32 Å². The first-order valence-electron chi connectivity index (χ1n) is 5.04. The Morgan fingerprint density at radius 2 is 2.31 bits per heavy atom. The predicted octanol–water partition coefficient (Wildman–Crippen LogP) is 1.25. The highest BCUT2D eigenvalue weighted by Gasteiger charge is 2.04. The number of methoxy groups -OCH3 is 1. The van der Waals surface area contributed by atoms with Crippen molar-refractivity contribution >= 4 is 17.4 Å². The number of rotatable bonds is 6. The van der Waals surface area contributed by atoms with Gasteiger partial charge in [0.05, 0.1) is 12.7 Å². The van der Waals surface area contributed by atoms with Gasteiger partial charge in [-0.3, -0.25) is 0 Å². The van der Waals surface area contributed by atoms with Crippen LogP contribution in [0.3, 0.4) is 0 Å². The van der Waals surface area contributed by atoms with Gasteiger partial charge in [0.25, 0.3) is 0 Å². The Balaban J connectivity index is 2.37. The number of nitrogens with one attached hydrogen (secondary N) is 1. The maximum Gasteiger partial charge on any atom is 0.134 e. The lowest BCUT2D eigenvalue weighted by molar-refractivity contribution is 0.0615. The van der Waals surface area contributed by atoms with Gasteiger partial charge in [0.15, 0.2) is 0 Å². The molecule has 1 heterocycles. The monoisotopic (exact) mass is 245 g/mol. The summed E-state index contributed by atoms with van der Waals surface area (Å²) in [7, 11) is 1.56. The number of aryl methyl sites for hydroxylation is 1. The molecule has 0 amide bonds. The van der Waals surface area contributed by atoms with Gasteiger partial charge in [-0.15, -0.1) is 0 Å². The largest absolute Gasteiger partial charge is 0.391 e. The van der Waals surface area contributed by atoms with Gasteiger partial charge in [0.1, 0.15) is 16.8 Å². The third-order valence-corrected chi connectivity index (χ3v) is 2.14. The number of aromatic nitrogens is 2. The van der Waals surface area contributed by atoms with E-state index in [9.17, 15) is 5.11 Å². The van der Waals surface area contributed by atoms with Crippen molar-refractivity contribution < 1.29 is 9.84 Å². The van der Waals surface area contributed by atoms with Crippen LogP contribution in [-0.4, -0.2) is 41.4 Å². The topological polar surface area (TPSA) is 67.3 Å². The highest BCUT2D eigenvalue weighted by molar-refractivity contribution is 6.29. The molecule has 1 aromatic heterocycles. The summed E-state index contributed by atoms with van der Waals surface area (Å²) in [5, 5.41) is 12.9. The van der Waals surface area contributed by atoms with Crippen LogP contribution in [0.5, 0.6) is 0 Å². The summed E-state index contributed by atoms with van der Waals surface area (Å²) in [6.45, 7) is 2.72. The predicted molar refractivity (Wildman–Crippen MR) is 62.8 cm³/mol. The highest BCUT2D eigenvalue weighted by atomic mass is 35.5. The molecule has 1 atom stereocenters. The molecule has 1 unspecified atom stereocenters. The van der Waals surface area contributed by atoms with Crippen molar-refractivity contribution in [1.82, 2.24) is 9.97 Å². The maximum atomic E-state index is 9.41. The van der Waals surface area contributed by atoms with Crippen molar-refractivity contribution in [2.45, 2.75) is 19.4 Å². The summed E-state index contributed by atoms with van der Waals surface area (Å²) in [5.74, 6) is 1.29. The second-order valence-electron chi connectivity index (χ2n) is 3.45. The zero-order valence-electron chi connectivity index (χ0n) is 9.40. The summed E-state index contributed by atoms with van der Waals surface area (Å²) in [6, 6.07) is 1.65. The number of nitrogens with zero attached hydrogens (tertiary/aromatic N) is 2. The third kappa shape index (κ3) is 4.74. The van der Waals surface area contributed by atoms with E-state index in [1.165, 1.54) is 0 Å². The van der Waals surface area contributed by atoms with Gasteiger partial charge in [-0.2, -0.15) is 0 Å². The molecule has 0 saturated heterocycles. The minimum Gasteiger partial charge on any atom is -0.391 e. The van der Waals surface area contributed by atoms with Gasteiger partial charge < -0.3 is 15.2 Å². The summed E-state index contributed by atoms with van der Waals surface area (Å²) >= 11 is 5.78. The Morgan fingerprint density at radius 1 is 1.56 bits per heavy atom. The Hall–Kier alpha value is -0.910. The van der Waals surface area contributed by atoms with Crippen LogP contribution in [0.2, 0.25) is 5.15 Å². The molecule has 90 valence electrons. The zero-order valence-corrected chi connectivity index (χ0v) is 10.2. The van der Waals surface area contributed by atoms with Crippen molar-refractivity contribution in [2.75, 3.05) is 25.6 Å². The number of halogens is 1. The number of hydrogen-bond donors (Lipinski definition) is 2. The number of hydrogen-bond acceptors (Lipinski definition) is 5. The van der Waals surface area contributed by atoms with Gasteiger partial charge in [0, 0.05) is 19.7 Å². The van der Waals surface area contributed by atoms with E-state index in [1.54, 1.807) is 20.1 Å². The Kier molecular flexibility index (Phi) is 5.45. The van der Waals surface area contributed by atoms with E-state index >= 15 is 0 Å². The maximum absolute atomic E-state index is 9.41. The molecule has 16 heavy (non-hydrogen) atoms. The lowest BCUT2D eigenvalue weighted by Gasteiger charge is -2.10. The van der Waals surface area contributed by atoms with Crippen LogP contribution >= 0.6 is 11.6 Å². The minimum absolute atomic E-state index is 0.339. The molecule has 0 aliphatic heterocycles. The molecule has 0 radical (unpaired) electrons. The lowest BCUT2D eigenvalue weighted by Crippen LogP contribution is -2.18. The van der Waals surface area contributed by atoms with E-state index in [-0.39, 0.29) is 0 Å². The smallest absolute Gasteiger partial charge is 0.134 e. The standard InChI is InChI=1S/C10H16ClN3O2/c1-7-13-9(11)5-10(14-7)12-4-3-8(15)6-16-2/h5,8,15H,3-4,6H2,1-2H3,(H,12,13,14). The van der Waals surface area contributed by atoms with Crippen LogP contribution in [0.4, 0.5) is 5.82 Å².